The molecule has 0 fully saturated rings. The van der Waals surface area contributed by atoms with Crippen LogP contribution in [0.2, 0.25) is 0 Å². The van der Waals surface area contributed by atoms with E-state index in [4.69, 9.17) is 0 Å². The van der Waals surface area contributed by atoms with E-state index in [1.807, 2.05) is 30.3 Å². The highest BCUT2D eigenvalue weighted by atomic mass is 16.2. The molecule has 1 aromatic rings. The molecule has 0 aliphatic carbocycles. The summed E-state index contributed by atoms with van der Waals surface area (Å²) in [5, 5.41) is 3.14. The zero-order valence-corrected chi connectivity index (χ0v) is 9.64. The fraction of sp³-hybridized carbons (Fsp3) is 0.231. The van der Waals surface area contributed by atoms with Gasteiger partial charge in [0, 0.05) is 24.4 Å². The smallest absolute Gasteiger partial charge is 0.220 e. The number of carbonyl (C=O) groups excluding carboxylic acids is 2. The minimum Gasteiger partial charge on any atom is -0.357 e. The molecule has 17 heavy (non-hydrogen) atoms. The Morgan fingerprint density at radius 1 is 1.24 bits per heavy atom. The second-order valence-electron chi connectivity index (χ2n) is 4.00. The number of nitrogens with zero attached hydrogens (tertiary/aromatic N) is 1. The summed E-state index contributed by atoms with van der Waals surface area (Å²) in [4.78, 5) is 24.3. The van der Waals surface area contributed by atoms with E-state index in [0.29, 0.717) is 6.54 Å². The molecule has 1 amide bonds. The summed E-state index contributed by atoms with van der Waals surface area (Å²) in [7, 11) is 0. The van der Waals surface area contributed by atoms with Gasteiger partial charge in [0.05, 0.1) is 13.1 Å². The van der Waals surface area contributed by atoms with Gasteiger partial charge in [-0.1, -0.05) is 18.2 Å². The minimum absolute atomic E-state index is 0.0510. The lowest BCUT2D eigenvalue weighted by Crippen LogP contribution is -2.39. The standard InChI is InChI=1S/C13H14N2O2/c1-10(16)15-8-12(7-13(17)9-15)14-11-5-3-2-4-6-11/h2-7,14H,8-9H2,1H3. The first kappa shape index (κ1) is 11.4. The van der Waals surface area contributed by atoms with Gasteiger partial charge in [0.1, 0.15) is 0 Å². The Morgan fingerprint density at radius 3 is 2.59 bits per heavy atom. The molecular formula is C13H14N2O2. The van der Waals surface area contributed by atoms with Crippen molar-refractivity contribution in [3.05, 3.63) is 42.1 Å². The average molecular weight is 230 g/mol. The molecule has 0 saturated carbocycles. The summed E-state index contributed by atoms with van der Waals surface area (Å²) >= 11 is 0. The van der Waals surface area contributed by atoms with Crippen LogP contribution in [0.1, 0.15) is 6.92 Å². The second kappa shape index (κ2) is 4.82. The maximum Gasteiger partial charge on any atom is 0.220 e. The molecule has 4 heteroatoms. The Bertz CT molecular complexity index is 466. The van der Waals surface area contributed by atoms with E-state index in [1.165, 1.54) is 11.8 Å². The monoisotopic (exact) mass is 230 g/mol. The number of nitrogens with one attached hydrogen (secondary N) is 1. The highest BCUT2D eigenvalue weighted by Crippen LogP contribution is 2.13. The van der Waals surface area contributed by atoms with E-state index in [1.54, 1.807) is 6.08 Å². The molecule has 0 atom stereocenters. The number of amides is 1. The van der Waals surface area contributed by atoms with Crippen molar-refractivity contribution in [3.63, 3.8) is 0 Å². The quantitative estimate of drug-likeness (QED) is 0.835. The van der Waals surface area contributed by atoms with Crippen molar-refractivity contribution in [2.24, 2.45) is 0 Å². The molecule has 0 saturated heterocycles. The summed E-state index contributed by atoms with van der Waals surface area (Å²) in [6, 6.07) is 9.58. The van der Waals surface area contributed by atoms with E-state index in [-0.39, 0.29) is 18.2 Å². The van der Waals surface area contributed by atoms with Crippen molar-refractivity contribution >= 4 is 17.4 Å². The van der Waals surface area contributed by atoms with E-state index in [2.05, 4.69) is 5.32 Å². The molecule has 1 aliphatic rings. The third kappa shape index (κ3) is 2.93. The molecule has 2 rings (SSSR count). The van der Waals surface area contributed by atoms with Crippen molar-refractivity contribution in [2.75, 3.05) is 18.4 Å². The molecule has 88 valence electrons. The van der Waals surface area contributed by atoms with Crippen LogP contribution in [-0.4, -0.2) is 29.7 Å². The fourth-order valence-corrected chi connectivity index (χ4v) is 1.74. The summed E-state index contributed by atoms with van der Waals surface area (Å²) < 4.78 is 0. The van der Waals surface area contributed by atoms with Crippen LogP contribution in [-0.2, 0) is 9.59 Å². The van der Waals surface area contributed by atoms with Gasteiger partial charge >= 0.3 is 0 Å². The number of ketones is 1. The number of benzene rings is 1. The Labute approximate surface area is 99.9 Å². The van der Waals surface area contributed by atoms with Gasteiger partial charge in [0.2, 0.25) is 5.91 Å². The summed E-state index contributed by atoms with van der Waals surface area (Å²) in [6.07, 6.45) is 1.56. The van der Waals surface area contributed by atoms with Crippen LogP contribution in [0, 0.1) is 0 Å². The number of anilines is 1. The van der Waals surface area contributed by atoms with Crippen LogP contribution >= 0.6 is 0 Å². The van der Waals surface area contributed by atoms with Crippen LogP contribution in [0.15, 0.2) is 42.1 Å². The third-order valence-corrected chi connectivity index (χ3v) is 2.57. The number of carbonyl (C=O) groups is 2. The van der Waals surface area contributed by atoms with Gasteiger partial charge < -0.3 is 10.2 Å². The van der Waals surface area contributed by atoms with Crippen molar-refractivity contribution in [1.29, 1.82) is 0 Å². The molecule has 0 radical (unpaired) electrons. The summed E-state index contributed by atoms with van der Waals surface area (Å²) in [6.45, 7) is 2.10. The topological polar surface area (TPSA) is 49.4 Å². The van der Waals surface area contributed by atoms with Crippen molar-refractivity contribution < 1.29 is 9.59 Å². The van der Waals surface area contributed by atoms with Gasteiger partial charge in [-0.2, -0.15) is 0 Å². The minimum atomic E-state index is -0.0844. The highest BCUT2D eigenvalue weighted by Gasteiger charge is 2.19. The zero-order valence-electron chi connectivity index (χ0n) is 9.64. The van der Waals surface area contributed by atoms with Gasteiger partial charge in [-0.3, -0.25) is 9.59 Å². The van der Waals surface area contributed by atoms with Gasteiger partial charge in [-0.15, -0.1) is 0 Å². The van der Waals surface area contributed by atoms with Crippen molar-refractivity contribution in [2.45, 2.75) is 6.92 Å². The Morgan fingerprint density at radius 2 is 1.94 bits per heavy atom. The predicted octanol–water partition coefficient (Wildman–Crippen LogP) is 1.41. The Hall–Kier alpha value is -2.10. The van der Waals surface area contributed by atoms with E-state index < -0.39 is 0 Å². The largest absolute Gasteiger partial charge is 0.357 e. The van der Waals surface area contributed by atoms with Crippen molar-refractivity contribution in [3.8, 4) is 0 Å². The molecular weight excluding hydrogens is 216 g/mol. The van der Waals surface area contributed by atoms with Crippen LogP contribution in [0.25, 0.3) is 0 Å². The highest BCUT2D eigenvalue weighted by molar-refractivity contribution is 5.96. The zero-order chi connectivity index (χ0) is 12.3. The maximum absolute atomic E-state index is 11.5. The van der Waals surface area contributed by atoms with E-state index in [9.17, 15) is 9.59 Å². The van der Waals surface area contributed by atoms with Crippen LogP contribution < -0.4 is 5.32 Å². The molecule has 0 aromatic heterocycles. The Kier molecular flexibility index (Phi) is 3.23. The second-order valence-corrected chi connectivity index (χ2v) is 4.00. The van der Waals surface area contributed by atoms with Gasteiger partial charge in [-0.05, 0) is 12.1 Å². The number of hydrogen-bond donors (Lipinski definition) is 1. The number of hydrogen-bond acceptors (Lipinski definition) is 3. The van der Waals surface area contributed by atoms with E-state index >= 15 is 0 Å². The first-order valence-corrected chi connectivity index (χ1v) is 5.46. The van der Waals surface area contributed by atoms with E-state index in [0.717, 1.165) is 11.4 Å². The molecule has 0 bridgehead atoms. The molecule has 1 aromatic carbocycles. The first-order valence-electron chi connectivity index (χ1n) is 5.46. The molecule has 1 aliphatic heterocycles. The molecule has 1 N–H and O–H groups in total. The number of para-hydroxylation sites is 1. The lowest BCUT2D eigenvalue weighted by molar-refractivity contribution is -0.132. The third-order valence-electron chi connectivity index (χ3n) is 2.57. The van der Waals surface area contributed by atoms with Gasteiger partial charge in [0.15, 0.2) is 5.78 Å². The fourth-order valence-electron chi connectivity index (χ4n) is 1.74. The lowest BCUT2D eigenvalue weighted by atomic mass is 10.2. The number of rotatable bonds is 2. The first-order chi connectivity index (χ1) is 8.15. The molecule has 1 heterocycles. The predicted molar refractivity (Wildman–Crippen MR) is 65.4 cm³/mol. The van der Waals surface area contributed by atoms with Crippen LogP contribution in [0.4, 0.5) is 5.69 Å². The average Bonchev–Trinajstić information content (AvgIpc) is 2.29. The Balaban J connectivity index is 2.11. The molecule has 4 nitrogen and oxygen atoms in total. The summed E-state index contributed by atoms with van der Waals surface area (Å²) in [5.74, 6) is -0.135. The van der Waals surface area contributed by atoms with Gasteiger partial charge in [0.25, 0.3) is 0 Å². The summed E-state index contributed by atoms with van der Waals surface area (Å²) in [5.41, 5.74) is 1.67. The SMILES string of the molecule is CC(=O)N1CC(=O)C=C(Nc2ccccc2)C1. The maximum atomic E-state index is 11.5. The van der Waals surface area contributed by atoms with Gasteiger partial charge in [-0.25, -0.2) is 0 Å². The normalized spacial score (nSPS) is 15.5. The lowest BCUT2D eigenvalue weighted by Gasteiger charge is -2.26. The van der Waals surface area contributed by atoms with Crippen LogP contribution in [0.3, 0.4) is 0 Å². The van der Waals surface area contributed by atoms with Crippen molar-refractivity contribution in [1.82, 2.24) is 4.90 Å². The molecule has 0 unspecified atom stereocenters. The molecule has 0 spiro atoms. The van der Waals surface area contributed by atoms with Crippen LogP contribution in [0.5, 0.6) is 0 Å².